The van der Waals surface area contributed by atoms with Crippen molar-refractivity contribution in [3.05, 3.63) is 71.5 Å². The van der Waals surface area contributed by atoms with Crippen LogP contribution in [-0.2, 0) is 11.2 Å². The standard InChI is InChI=1S/C17H18FNO2/c1-12(11-14-9-5-6-10-15(14)18)19-16(17(20)21)13-7-3-2-4-8-13/h2-10,12,16,19H,11H2,1H3,(H,20,21). The molecule has 0 radical (unpaired) electrons. The van der Waals surface area contributed by atoms with Gasteiger partial charge in [0.15, 0.2) is 0 Å². The van der Waals surface area contributed by atoms with Crippen LogP contribution in [0.5, 0.6) is 0 Å². The van der Waals surface area contributed by atoms with E-state index in [2.05, 4.69) is 5.32 Å². The van der Waals surface area contributed by atoms with Crippen molar-refractivity contribution in [2.24, 2.45) is 0 Å². The number of nitrogens with one attached hydrogen (secondary N) is 1. The Labute approximate surface area is 123 Å². The summed E-state index contributed by atoms with van der Waals surface area (Å²) in [5.41, 5.74) is 1.26. The first kappa shape index (κ1) is 15.2. The van der Waals surface area contributed by atoms with Crippen LogP contribution in [0.3, 0.4) is 0 Å². The fourth-order valence-electron chi connectivity index (χ4n) is 2.29. The quantitative estimate of drug-likeness (QED) is 0.858. The van der Waals surface area contributed by atoms with E-state index in [1.807, 2.05) is 13.0 Å². The van der Waals surface area contributed by atoms with Crippen LogP contribution in [0.1, 0.15) is 24.1 Å². The highest BCUT2D eigenvalue weighted by atomic mass is 19.1. The molecule has 2 unspecified atom stereocenters. The molecule has 3 nitrogen and oxygen atoms in total. The zero-order valence-electron chi connectivity index (χ0n) is 11.8. The van der Waals surface area contributed by atoms with Crippen molar-refractivity contribution in [2.75, 3.05) is 0 Å². The van der Waals surface area contributed by atoms with Gasteiger partial charge in [-0.3, -0.25) is 10.1 Å². The van der Waals surface area contributed by atoms with Gasteiger partial charge in [0.25, 0.3) is 0 Å². The number of hydrogen-bond acceptors (Lipinski definition) is 2. The van der Waals surface area contributed by atoms with Gasteiger partial charge in [0.1, 0.15) is 11.9 Å². The molecular weight excluding hydrogens is 269 g/mol. The Bertz CT molecular complexity index is 601. The minimum atomic E-state index is -0.943. The molecule has 0 bridgehead atoms. The number of hydrogen-bond donors (Lipinski definition) is 2. The zero-order chi connectivity index (χ0) is 15.2. The minimum Gasteiger partial charge on any atom is -0.480 e. The van der Waals surface area contributed by atoms with E-state index in [1.165, 1.54) is 6.07 Å². The fraction of sp³-hybridized carbons (Fsp3) is 0.235. The maximum Gasteiger partial charge on any atom is 0.325 e. The van der Waals surface area contributed by atoms with Crippen molar-refractivity contribution in [1.82, 2.24) is 5.32 Å². The van der Waals surface area contributed by atoms with Crippen LogP contribution in [0.15, 0.2) is 54.6 Å². The number of halogens is 1. The summed E-state index contributed by atoms with van der Waals surface area (Å²) in [7, 11) is 0. The summed E-state index contributed by atoms with van der Waals surface area (Å²) in [6, 6.07) is 14.5. The third-order valence-electron chi connectivity index (χ3n) is 3.31. The van der Waals surface area contributed by atoms with E-state index in [1.54, 1.807) is 42.5 Å². The molecule has 0 aliphatic carbocycles. The summed E-state index contributed by atoms with van der Waals surface area (Å²) in [6.07, 6.45) is 0.434. The molecule has 110 valence electrons. The minimum absolute atomic E-state index is 0.164. The Hall–Kier alpha value is -2.20. The molecule has 0 aliphatic rings. The number of benzene rings is 2. The first-order valence-corrected chi connectivity index (χ1v) is 6.85. The van der Waals surface area contributed by atoms with Gasteiger partial charge >= 0.3 is 5.97 Å². The van der Waals surface area contributed by atoms with Crippen molar-refractivity contribution in [1.29, 1.82) is 0 Å². The van der Waals surface area contributed by atoms with Gasteiger partial charge in [-0.25, -0.2) is 4.39 Å². The number of rotatable bonds is 6. The monoisotopic (exact) mass is 287 g/mol. The second-order valence-electron chi connectivity index (χ2n) is 5.05. The van der Waals surface area contributed by atoms with Crippen molar-refractivity contribution >= 4 is 5.97 Å². The molecule has 2 N–H and O–H groups in total. The molecule has 2 atom stereocenters. The van der Waals surface area contributed by atoms with Gasteiger partial charge in [-0.05, 0) is 30.5 Å². The molecule has 0 spiro atoms. The Morgan fingerprint density at radius 3 is 2.38 bits per heavy atom. The molecular formula is C17H18FNO2. The SMILES string of the molecule is CC(Cc1ccccc1F)NC(C(=O)O)c1ccccc1. The van der Waals surface area contributed by atoms with E-state index in [0.717, 1.165) is 0 Å². The van der Waals surface area contributed by atoms with Crippen LogP contribution in [-0.4, -0.2) is 17.1 Å². The van der Waals surface area contributed by atoms with E-state index < -0.39 is 12.0 Å². The number of carboxylic acids is 1. The topological polar surface area (TPSA) is 49.3 Å². The highest BCUT2D eigenvalue weighted by Gasteiger charge is 2.21. The summed E-state index contributed by atoms with van der Waals surface area (Å²) < 4.78 is 13.6. The summed E-state index contributed by atoms with van der Waals surface area (Å²) in [6.45, 7) is 1.85. The predicted molar refractivity (Wildman–Crippen MR) is 79.5 cm³/mol. The molecule has 0 aromatic heterocycles. The molecule has 4 heteroatoms. The largest absolute Gasteiger partial charge is 0.480 e. The maximum atomic E-state index is 13.6. The molecule has 0 amide bonds. The Kier molecular flexibility index (Phi) is 5.06. The van der Waals surface area contributed by atoms with E-state index in [0.29, 0.717) is 17.5 Å². The van der Waals surface area contributed by atoms with E-state index >= 15 is 0 Å². The Morgan fingerprint density at radius 2 is 1.76 bits per heavy atom. The van der Waals surface area contributed by atoms with Crippen molar-refractivity contribution in [3.63, 3.8) is 0 Å². The zero-order valence-corrected chi connectivity index (χ0v) is 11.8. The maximum absolute atomic E-state index is 13.6. The van der Waals surface area contributed by atoms with E-state index in [4.69, 9.17) is 0 Å². The second kappa shape index (κ2) is 6.99. The molecule has 21 heavy (non-hydrogen) atoms. The van der Waals surface area contributed by atoms with Crippen LogP contribution in [0.4, 0.5) is 4.39 Å². The summed E-state index contributed by atoms with van der Waals surface area (Å²) in [5.74, 6) is -1.21. The smallest absolute Gasteiger partial charge is 0.325 e. The predicted octanol–water partition coefficient (Wildman–Crippen LogP) is 3.17. The van der Waals surface area contributed by atoms with Crippen molar-refractivity contribution in [2.45, 2.75) is 25.4 Å². The van der Waals surface area contributed by atoms with Gasteiger partial charge < -0.3 is 5.11 Å². The first-order chi connectivity index (χ1) is 10.1. The lowest BCUT2D eigenvalue weighted by Gasteiger charge is -2.20. The Morgan fingerprint density at radius 1 is 1.14 bits per heavy atom. The molecule has 0 aliphatic heterocycles. The number of carbonyl (C=O) groups is 1. The van der Waals surface area contributed by atoms with Gasteiger partial charge in [-0.2, -0.15) is 0 Å². The third-order valence-corrected chi connectivity index (χ3v) is 3.31. The summed E-state index contributed by atoms with van der Waals surface area (Å²) in [4.78, 5) is 11.4. The van der Waals surface area contributed by atoms with Gasteiger partial charge in [-0.15, -0.1) is 0 Å². The third kappa shape index (κ3) is 4.13. The molecule has 0 heterocycles. The number of carboxylic acid groups (broad SMARTS) is 1. The highest BCUT2D eigenvalue weighted by molar-refractivity contribution is 5.75. The van der Waals surface area contributed by atoms with Crippen molar-refractivity contribution < 1.29 is 14.3 Å². The normalized spacial score (nSPS) is 13.6. The molecule has 2 rings (SSSR count). The molecule has 0 fully saturated rings. The average molecular weight is 287 g/mol. The Balaban J connectivity index is 2.07. The lowest BCUT2D eigenvalue weighted by Crippen LogP contribution is -2.36. The molecule has 2 aromatic carbocycles. The summed E-state index contributed by atoms with van der Waals surface area (Å²) >= 11 is 0. The van der Waals surface area contributed by atoms with Gasteiger partial charge in [-0.1, -0.05) is 48.5 Å². The van der Waals surface area contributed by atoms with Gasteiger partial charge in [0.05, 0.1) is 0 Å². The lowest BCUT2D eigenvalue weighted by atomic mass is 10.0. The molecule has 2 aromatic rings. The second-order valence-corrected chi connectivity index (χ2v) is 5.05. The summed E-state index contributed by atoms with van der Waals surface area (Å²) in [5, 5.41) is 12.4. The van der Waals surface area contributed by atoms with Crippen LogP contribution in [0, 0.1) is 5.82 Å². The highest BCUT2D eigenvalue weighted by Crippen LogP contribution is 2.16. The number of aliphatic carboxylic acids is 1. The molecule has 0 saturated heterocycles. The van der Waals surface area contributed by atoms with Crippen LogP contribution >= 0.6 is 0 Å². The fourth-order valence-corrected chi connectivity index (χ4v) is 2.29. The lowest BCUT2D eigenvalue weighted by molar-refractivity contribution is -0.139. The molecule has 0 saturated carbocycles. The van der Waals surface area contributed by atoms with Gasteiger partial charge in [0, 0.05) is 6.04 Å². The van der Waals surface area contributed by atoms with E-state index in [9.17, 15) is 14.3 Å². The van der Waals surface area contributed by atoms with Gasteiger partial charge in [0.2, 0.25) is 0 Å². The average Bonchev–Trinajstić information content (AvgIpc) is 2.48. The van der Waals surface area contributed by atoms with Crippen LogP contribution in [0.2, 0.25) is 0 Å². The first-order valence-electron chi connectivity index (χ1n) is 6.85. The van der Waals surface area contributed by atoms with Crippen LogP contribution < -0.4 is 5.32 Å². The van der Waals surface area contributed by atoms with Crippen LogP contribution in [0.25, 0.3) is 0 Å². The van der Waals surface area contributed by atoms with Crippen molar-refractivity contribution in [3.8, 4) is 0 Å². The van der Waals surface area contributed by atoms with E-state index in [-0.39, 0.29) is 11.9 Å².